The van der Waals surface area contributed by atoms with Crippen molar-refractivity contribution in [2.24, 2.45) is 0 Å². The van der Waals surface area contributed by atoms with Gasteiger partial charge in [-0.25, -0.2) is 12.8 Å². The van der Waals surface area contributed by atoms with Gasteiger partial charge in [-0.05, 0) is 6.07 Å². The lowest BCUT2D eigenvalue weighted by atomic mass is 10.2. The van der Waals surface area contributed by atoms with E-state index in [1.807, 2.05) is 0 Å². The molecular formula is C14H20FN3O3S. The number of carbonyl (C=O) groups excluding carboxylic acids is 1. The van der Waals surface area contributed by atoms with E-state index in [1.165, 1.54) is 10.4 Å². The standard InChI is InChI=1S/C14H20FN3O3S/c15-13-4-2-1-3-12(13)11-17-14(19)5-10-22(20,21)18-8-6-16-7-9-18/h1-4,16H,5-11H2,(H,17,19). The molecule has 1 aliphatic rings. The van der Waals surface area contributed by atoms with Gasteiger partial charge in [-0.2, -0.15) is 4.31 Å². The van der Waals surface area contributed by atoms with E-state index < -0.39 is 21.7 Å². The zero-order chi connectivity index (χ0) is 16.0. The summed E-state index contributed by atoms with van der Waals surface area (Å²) in [5, 5.41) is 5.62. The first-order valence-electron chi connectivity index (χ1n) is 7.18. The average molecular weight is 329 g/mol. The predicted molar refractivity (Wildman–Crippen MR) is 81.1 cm³/mol. The lowest BCUT2D eigenvalue weighted by Crippen LogP contribution is -2.47. The number of hydrogen-bond donors (Lipinski definition) is 2. The molecule has 22 heavy (non-hydrogen) atoms. The van der Waals surface area contributed by atoms with Crippen LogP contribution in [0.15, 0.2) is 24.3 Å². The normalized spacial score (nSPS) is 16.4. The van der Waals surface area contributed by atoms with Crippen molar-refractivity contribution in [3.05, 3.63) is 35.6 Å². The summed E-state index contributed by atoms with van der Waals surface area (Å²) in [4.78, 5) is 11.7. The maximum Gasteiger partial charge on any atom is 0.221 e. The zero-order valence-electron chi connectivity index (χ0n) is 12.2. The fourth-order valence-electron chi connectivity index (χ4n) is 2.20. The molecule has 0 saturated carbocycles. The van der Waals surface area contributed by atoms with Crippen LogP contribution in [0, 0.1) is 5.82 Å². The Morgan fingerprint density at radius 1 is 1.27 bits per heavy atom. The molecular weight excluding hydrogens is 309 g/mol. The first kappa shape index (κ1) is 16.9. The van der Waals surface area contributed by atoms with Crippen molar-refractivity contribution in [2.75, 3.05) is 31.9 Å². The lowest BCUT2D eigenvalue weighted by molar-refractivity contribution is -0.120. The van der Waals surface area contributed by atoms with E-state index in [-0.39, 0.29) is 18.7 Å². The minimum absolute atomic E-state index is 0.0548. The molecule has 1 amide bonds. The molecule has 0 aliphatic carbocycles. The molecule has 0 atom stereocenters. The quantitative estimate of drug-likeness (QED) is 0.774. The number of rotatable bonds is 6. The van der Waals surface area contributed by atoms with Gasteiger partial charge in [0, 0.05) is 44.7 Å². The second kappa shape index (κ2) is 7.66. The molecule has 0 unspecified atom stereocenters. The summed E-state index contributed by atoms with van der Waals surface area (Å²) in [6.07, 6.45) is -0.124. The first-order valence-corrected chi connectivity index (χ1v) is 8.78. The molecule has 1 saturated heterocycles. The fraction of sp³-hybridized carbons (Fsp3) is 0.500. The Morgan fingerprint density at radius 2 is 1.95 bits per heavy atom. The Hall–Kier alpha value is -1.51. The Kier molecular flexibility index (Phi) is 5.87. The van der Waals surface area contributed by atoms with Gasteiger partial charge >= 0.3 is 0 Å². The second-order valence-electron chi connectivity index (χ2n) is 5.08. The molecule has 1 aromatic carbocycles. The molecule has 0 bridgehead atoms. The van der Waals surface area contributed by atoms with Crippen LogP contribution in [0.5, 0.6) is 0 Å². The van der Waals surface area contributed by atoms with Crippen molar-refractivity contribution >= 4 is 15.9 Å². The lowest BCUT2D eigenvalue weighted by Gasteiger charge is -2.26. The average Bonchev–Trinajstić information content (AvgIpc) is 2.53. The number of nitrogens with one attached hydrogen (secondary N) is 2. The van der Waals surface area contributed by atoms with Crippen LogP contribution in [0.2, 0.25) is 0 Å². The van der Waals surface area contributed by atoms with Gasteiger partial charge in [0.15, 0.2) is 0 Å². The molecule has 122 valence electrons. The van der Waals surface area contributed by atoms with Gasteiger partial charge in [-0.15, -0.1) is 0 Å². The zero-order valence-corrected chi connectivity index (χ0v) is 13.0. The van der Waals surface area contributed by atoms with Gasteiger partial charge < -0.3 is 10.6 Å². The molecule has 1 aliphatic heterocycles. The van der Waals surface area contributed by atoms with Gasteiger partial charge in [-0.1, -0.05) is 18.2 Å². The Balaban J connectivity index is 1.79. The molecule has 1 aromatic rings. The maximum atomic E-state index is 13.4. The van der Waals surface area contributed by atoms with E-state index in [0.717, 1.165) is 0 Å². The minimum Gasteiger partial charge on any atom is -0.352 e. The molecule has 2 N–H and O–H groups in total. The topological polar surface area (TPSA) is 78.5 Å². The second-order valence-corrected chi connectivity index (χ2v) is 7.17. The van der Waals surface area contributed by atoms with Crippen LogP contribution >= 0.6 is 0 Å². The van der Waals surface area contributed by atoms with Crippen LogP contribution in [-0.2, 0) is 21.4 Å². The molecule has 0 aromatic heterocycles. The number of halogens is 1. The monoisotopic (exact) mass is 329 g/mol. The molecule has 1 fully saturated rings. The highest BCUT2D eigenvalue weighted by molar-refractivity contribution is 7.89. The number of nitrogens with zero attached hydrogens (tertiary/aromatic N) is 1. The van der Waals surface area contributed by atoms with Crippen LogP contribution in [0.25, 0.3) is 0 Å². The summed E-state index contributed by atoms with van der Waals surface area (Å²) in [6.45, 7) is 2.16. The van der Waals surface area contributed by atoms with Gasteiger partial charge in [0.2, 0.25) is 15.9 Å². The van der Waals surface area contributed by atoms with Crippen LogP contribution < -0.4 is 10.6 Å². The number of carbonyl (C=O) groups is 1. The molecule has 6 nitrogen and oxygen atoms in total. The third-order valence-electron chi connectivity index (χ3n) is 3.49. The van der Waals surface area contributed by atoms with Crippen molar-refractivity contribution in [3.8, 4) is 0 Å². The predicted octanol–water partition coefficient (Wildman–Crippen LogP) is 0.0670. The largest absolute Gasteiger partial charge is 0.352 e. The van der Waals surface area contributed by atoms with E-state index >= 15 is 0 Å². The van der Waals surface area contributed by atoms with Gasteiger partial charge in [0.05, 0.1) is 5.75 Å². The molecule has 0 spiro atoms. The number of sulfonamides is 1. The van der Waals surface area contributed by atoms with Crippen molar-refractivity contribution < 1.29 is 17.6 Å². The number of benzene rings is 1. The number of hydrogen-bond acceptors (Lipinski definition) is 4. The van der Waals surface area contributed by atoms with Gasteiger partial charge in [0.25, 0.3) is 0 Å². The van der Waals surface area contributed by atoms with E-state index in [0.29, 0.717) is 31.7 Å². The highest BCUT2D eigenvalue weighted by atomic mass is 32.2. The molecule has 1 heterocycles. The van der Waals surface area contributed by atoms with Crippen LogP contribution in [0.3, 0.4) is 0 Å². The number of piperazine rings is 1. The van der Waals surface area contributed by atoms with E-state index in [1.54, 1.807) is 18.2 Å². The Morgan fingerprint density at radius 3 is 2.64 bits per heavy atom. The summed E-state index contributed by atoms with van der Waals surface area (Å²) < 4.78 is 38.9. The SMILES string of the molecule is O=C(CCS(=O)(=O)N1CCNCC1)NCc1ccccc1F. The smallest absolute Gasteiger partial charge is 0.221 e. The minimum atomic E-state index is -3.41. The van der Waals surface area contributed by atoms with Gasteiger partial charge in [0.1, 0.15) is 5.82 Å². The van der Waals surface area contributed by atoms with Gasteiger partial charge in [-0.3, -0.25) is 4.79 Å². The summed E-state index contributed by atoms with van der Waals surface area (Å²) in [6, 6.07) is 6.14. The van der Waals surface area contributed by atoms with Crippen molar-refractivity contribution in [1.29, 1.82) is 0 Å². The maximum absolute atomic E-state index is 13.4. The summed E-state index contributed by atoms with van der Waals surface area (Å²) >= 11 is 0. The number of amides is 1. The summed E-state index contributed by atoms with van der Waals surface area (Å²) in [5.74, 6) is -1.02. The van der Waals surface area contributed by atoms with Crippen molar-refractivity contribution in [1.82, 2.24) is 14.9 Å². The third kappa shape index (κ3) is 4.75. The third-order valence-corrected chi connectivity index (χ3v) is 5.36. The van der Waals surface area contributed by atoms with E-state index in [9.17, 15) is 17.6 Å². The molecule has 8 heteroatoms. The molecule has 0 radical (unpaired) electrons. The summed E-state index contributed by atoms with van der Waals surface area (Å²) in [7, 11) is -3.41. The van der Waals surface area contributed by atoms with Crippen LogP contribution in [0.1, 0.15) is 12.0 Å². The highest BCUT2D eigenvalue weighted by Gasteiger charge is 2.24. The highest BCUT2D eigenvalue weighted by Crippen LogP contribution is 2.07. The Bertz CT molecular complexity index is 616. The van der Waals surface area contributed by atoms with Crippen molar-refractivity contribution in [2.45, 2.75) is 13.0 Å². The molecule has 2 rings (SSSR count). The fourth-order valence-corrected chi connectivity index (χ4v) is 3.64. The van der Waals surface area contributed by atoms with E-state index in [4.69, 9.17) is 0 Å². The van der Waals surface area contributed by atoms with Crippen LogP contribution in [-0.4, -0.2) is 50.6 Å². The Labute approximate surface area is 129 Å². The summed E-state index contributed by atoms with van der Waals surface area (Å²) in [5.41, 5.74) is 0.376. The van der Waals surface area contributed by atoms with Crippen LogP contribution in [0.4, 0.5) is 4.39 Å². The van der Waals surface area contributed by atoms with Crippen molar-refractivity contribution in [3.63, 3.8) is 0 Å². The van der Waals surface area contributed by atoms with E-state index in [2.05, 4.69) is 10.6 Å². The first-order chi connectivity index (χ1) is 10.5.